The number of ether oxygens (including phenoxy) is 1. The molecule has 0 spiro atoms. The number of hydrogen-bond acceptors (Lipinski definition) is 5. The number of aromatic nitrogens is 2. The van der Waals surface area contributed by atoms with Crippen LogP contribution >= 0.6 is 0 Å². The minimum Gasteiger partial charge on any atom is -0.481 e. The maximum Gasteiger partial charge on any atom is 0.311 e. The van der Waals surface area contributed by atoms with Crippen LogP contribution in [0.25, 0.3) is 0 Å². The van der Waals surface area contributed by atoms with Gasteiger partial charge in [-0.25, -0.2) is 9.97 Å². The van der Waals surface area contributed by atoms with Crippen molar-refractivity contribution >= 4 is 11.8 Å². The van der Waals surface area contributed by atoms with E-state index in [1.165, 1.54) is 13.4 Å². The summed E-state index contributed by atoms with van der Waals surface area (Å²) >= 11 is 0. The quantitative estimate of drug-likeness (QED) is 0.849. The van der Waals surface area contributed by atoms with Gasteiger partial charge in [0.15, 0.2) is 0 Å². The van der Waals surface area contributed by atoms with Gasteiger partial charge in [-0.1, -0.05) is 0 Å². The summed E-state index contributed by atoms with van der Waals surface area (Å²) in [7, 11) is 1.53. The van der Waals surface area contributed by atoms with Gasteiger partial charge in [-0.05, 0) is 34.6 Å². The van der Waals surface area contributed by atoms with E-state index >= 15 is 0 Å². The van der Waals surface area contributed by atoms with Crippen molar-refractivity contribution in [2.45, 2.75) is 40.2 Å². The summed E-state index contributed by atoms with van der Waals surface area (Å²) in [5.74, 6) is 0.177. The Morgan fingerprint density at radius 2 is 1.89 bits per heavy atom. The van der Waals surface area contributed by atoms with E-state index < -0.39 is 16.9 Å². The summed E-state index contributed by atoms with van der Waals surface area (Å²) in [6.07, 6.45) is 1.39. The molecule has 106 valence electrons. The molecular formula is C13H21N3O3. The van der Waals surface area contributed by atoms with Crippen LogP contribution in [-0.2, 0) is 4.79 Å². The Kier molecular flexibility index (Phi) is 4.03. The molecule has 0 saturated heterocycles. The predicted molar refractivity (Wildman–Crippen MR) is 72.4 cm³/mol. The lowest BCUT2D eigenvalue weighted by Gasteiger charge is -2.39. The van der Waals surface area contributed by atoms with Gasteiger partial charge < -0.3 is 15.2 Å². The zero-order chi connectivity index (χ0) is 14.8. The molecule has 0 aromatic carbocycles. The van der Waals surface area contributed by atoms with Crippen LogP contribution < -0.4 is 10.1 Å². The summed E-state index contributed by atoms with van der Waals surface area (Å²) in [6, 6.07) is 0. The Bertz CT molecular complexity index is 484. The lowest BCUT2D eigenvalue weighted by Crippen LogP contribution is -2.50. The van der Waals surface area contributed by atoms with Crippen molar-refractivity contribution in [2.75, 3.05) is 12.4 Å². The van der Waals surface area contributed by atoms with Gasteiger partial charge in [0.05, 0.1) is 18.1 Å². The number of carbonyl (C=O) groups is 1. The molecular weight excluding hydrogens is 246 g/mol. The fourth-order valence-electron chi connectivity index (χ4n) is 1.49. The summed E-state index contributed by atoms with van der Waals surface area (Å²) in [4.78, 5) is 19.5. The molecule has 0 bridgehead atoms. The molecule has 1 heterocycles. The number of hydrogen-bond donors (Lipinski definition) is 2. The highest BCUT2D eigenvalue weighted by Gasteiger charge is 2.44. The molecule has 0 atom stereocenters. The van der Waals surface area contributed by atoms with Crippen molar-refractivity contribution in [1.82, 2.24) is 9.97 Å². The van der Waals surface area contributed by atoms with Crippen LogP contribution in [0.2, 0.25) is 0 Å². The van der Waals surface area contributed by atoms with Crippen LogP contribution in [0.3, 0.4) is 0 Å². The maximum atomic E-state index is 11.4. The zero-order valence-electron chi connectivity index (χ0n) is 12.2. The smallest absolute Gasteiger partial charge is 0.311 e. The van der Waals surface area contributed by atoms with Crippen molar-refractivity contribution in [3.8, 4) is 5.88 Å². The largest absolute Gasteiger partial charge is 0.481 e. The second-order valence-corrected chi connectivity index (χ2v) is 5.54. The molecule has 0 amide bonds. The first-order valence-electron chi connectivity index (χ1n) is 6.00. The number of nitrogens with one attached hydrogen (secondary N) is 1. The van der Waals surface area contributed by atoms with E-state index in [-0.39, 0.29) is 0 Å². The predicted octanol–water partition coefficient (Wildman–Crippen LogP) is 2.09. The van der Waals surface area contributed by atoms with E-state index in [2.05, 4.69) is 15.3 Å². The van der Waals surface area contributed by atoms with Crippen molar-refractivity contribution in [3.05, 3.63) is 11.9 Å². The Morgan fingerprint density at radius 1 is 1.32 bits per heavy atom. The minimum atomic E-state index is -0.961. The number of aliphatic carboxylic acids is 1. The standard InChI is InChI=1S/C13H21N3O3/c1-8-9(14-7-15-10(8)19-6)16-13(4,5)12(2,3)11(17)18/h7H,1-6H3,(H,17,18)(H,14,15,16). The minimum absolute atomic E-state index is 0.474. The molecule has 0 unspecified atom stereocenters. The number of rotatable bonds is 5. The molecule has 0 saturated carbocycles. The Hall–Kier alpha value is -1.85. The average Bonchev–Trinajstić information content (AvgIpc) is 2.31. The summed E-state index contributed by atoms with van der Waals surface area (Å²) in [5, 5.41) is 12.5. The number of anilines is 1. The first-order chi connectivity index (χ1) is 8.63. The summed E-state index contributed by atoms with van der Waals surface area (Å²) < 4.78 is 5.13. The Labute approximate surface area is 113 Å². The Balaban J connectivity index is 3.12. The van der Waals surface area contributed by atoms with E-state index in [0.717, 1.165) is 5.56 Å². The van der Waals surface area contributed by atoms with Gasteiger partial charge in [0, 0.05) is 5.54 Å². The first-order valence-corrected chi connectivity index (χ1v) is 6.00. The molecule has 0 fully saturated rings. The monoisotopic (exact) mass is 267 g/mol. The number of carboxylic acid groups (broad SMARTS) is 1. The third-order valence-electron chi connectivity index (χ3n) is 3.76. The molecule has 0 aliphatic heterocycles. The van der Waals surface area contributed by atoms with Gasteiger partial charge >= 0.3 is 5.97 Å². The molecule has 2 N–H and O–H groups in total. The molecule has 0 aliphatic carbocycles. The van der Waals surface area contributed by atoms with Crippen LogP contribution in [-0.4, -0.2) is 33.7 Å². The van der Waals surface area contributed by atoms with E-state index in [1.807, 2.05) is 20.8 Å². The molecule has 0 radical (unpaired) electrons. The van der Waals surface area contributed by atoms with Gasteiger partial charge in [-0.15, -0.1) is 0 Å². The highest BCUT2D eigenvalue weighted by Crippen LogP contribution is 2.35. The van der Waals surface area contributed by atoms with Crippen LogP contribution in [0.1, 0.15) is 33.3 Å². The van der Waals surface area contributed by atoms with Crippen LogP contribution in [0, 0.1) is 12.3 Å². The maximum absolute atomic E-state index is 11.4. The molecule has 1 rings (SSSR count). The molecule has 0 aliphatic rings. The highest BCUT2D eigenvalue weighted by molar-refractivity contribution is 5.76. The molecule has 1 aromatic rings. The van der Waals surface area contributed by atoms with E-state index in [0.29, 0.717) is 11.7 Å². The first kappa shape index (κ1) is 15.2. The average molecular weight is 267 g/mol. The normalized spacial score (nSPS) is 12.1. The summed E-state index contributed by atoms with van der Waals surface area (Å²) in [6.45, 7) is 8.83. The molecule has 6 heteroatoms. The number of methoxy groups -OCH3 is 1. The Morgan fingerprint density at radius 3 is 2.37 bits per heavy atom. The summed E-state index contributed by atoms with van der Waals surface area (Å²) in [5.41, 5.74) is -0.903. The van der Waals surface area contributed by atoms with E-state index in [4.69, 9.17) is 4.74 Å². The lowest BCUT2D eigenvalue weighted by molar-refractivity contribution is -0.149. The van der Waals surface area contributed by atoms with Crippen molar-refractivity contribution in [1.29, 1.82) is 0 Å². The second kappa shape index (κ2) is 5.03. The second-order valence-electron chi connectivity index (χ2n) is 5.54. The van der Waals surface area contributed by atoms with Gasteiger partial charge in [-0.2, -0.15) is 0 Å². The van der Waals surface area contributed by atoms with Gasteiger partial charge in [0.25, 0.3) is 0 Å². The number of carboxylic acids is 1. The van der Waals surface area contributed by atoms with Crippen molar-refractivity contribution < 1.29 is 14.6 Å². The van der Waals surface area contributed by atoms with Crippen LogP contribution in [0.15, 0.2) is 6.33 Å². The fraction of sp³-hybridized carbons (Fsp3) is 0.615. The van der Waals surface area contributed by atoms with Gasteiger partial charge in [0.1, 0.15) is 12.1 Å². The fourth-order valence-corrected chi connectivity index (χ4v) is 1.49. The van der Waals surface area contributed by atoms with Crippen molar-refractivity contribution in [2.24, 2.45) is 5.41 Å². The molecule has 6 nitrogen and oxygen atoms in total. The van der Waals surface area contributed by atoms with Crippen molar-refractivity contribution in [3.63, 3.8) is 0 Å². The SMILES string of the molecule is COc1ncnc(NC(C)(C)C(C)(C)C(=O)O)c1C. The van der Waals surface area contributed by atoms with Crippen LogP contribution in [0.4, 0.5) is 5.82 Å². The zero-order valence-corrected chi connectivity index (χ0v) is 12.2. The van der Waals surface area contributed by atoms with Gasteiger partial charge in [0.2, 0.25) is 5.88 Å². The van der Waals surface area contributed by atoms with E-state index in [9.17, 15) is 9.90 Å². The third-order valence-corrected chi connectivity index (χ3v) is 3.76. The van der Waals surface area contributed by atoms with E-state index in [1.54, 1.807) is 13.8 Å². The van der Waals surface area contributed by atoms with Crippen LogP contribution in [0.5, 0.6) is 5.88 Å². The lowest BCUT2D eigenvalue weighted by atomic mass is 9.74. The molecule has 19 heavy (non-hydrogen) atoms. The highest BCUT2D eigenvalue weighted by atomic mass is 16.5. The van der Waals surface area contributed by atoms with Gasteiger partial charge in [-0.3, -0.25) is 4.79 Å². The number of nitrogens with zero attached hydrogens (tertiary/aromatic N) is 2. The molecule has 1 aromatic heterocycles. The topological polar surface area (TPSA) is 84.3 Å². The third kappa shape index (κ3) is 2.77.